The van der Waals surface area contributed by atoms with Gasteiger partial charge in [-0.3, -0.25) is 14.4 Å². The Morgan fingerprint density at radius 1 is 0.551 bits per heavy atom. The highest BCUT2D eigenvalue weighted by atomic mass is 19.4. The number of hydrogen-bond donors (Lipinski definition) is 10. The van der Waals surface area contributed by atoms with Crippen LogP contribution < -0.4 is 27.0 Å². The highest BCUT2D eigenvalue weighted by molar-refractivity contribution is 5.86. The van der Waals surface area contributed by atoms with Gasteiger partial charge in [-0.25, -0.2) is 24.0 Å². The van der Waals surface area contributed by atoms with Crippen molar-refractivity contribution in [1.29, 1.82) is 0 Å². The molecule has 0 unspecified atom stereocenters. The number of aliphatic carboxylic acids is 5. The molecule has 0 saturated heterocycles. The Balaban J connectivity index is 0. The van der Waals surface area contributed by atoms with Crippen LogP contribution in [-0.4, -0.2) is 111 Å². The molecule has 3 atom stereocenters. The van der Waals surface area contributed by atoms with Crippen LogP contribution in [0, 0.1) is 0 Å². The fraction of sp³-hybridized carbons (Fsp3) is 0.714. The first-order valence-corrected chi connectivity index (χ1v) is 15.3. The molecule has 18 nitrogen and oxygen atoms in total. The molecular formula is C28H46F3N5O13. The summed E-state index contributed by atoms with van der Waals surface area (Å²) in [5.74, 6) is -8.34. The molecule has 0 radical (unpaired) electrons. The minimum absolute atomic E-state index is 0.0278. The molecule has 0 aromatic rings. The molecule has 0 rings (SSSR count). The second kappa shape index (κ2) is 26.3. The number of carboxylic acid groups (broad SMARTS) is 5. The van der Waals surface area contributed by atoms with Crippen LogP contribution in [0.15, 0.2) is 0 Å². The number of carboxylic acids is 5. The van der Waals surface area contributed by atoms with Crippen LogP contribution in [0.2, 0.25) is 0 Å². The lowest BCUT2D eigenvalue weighted by Crippen LogP contribution is -2.51. The van der Waals surface area contributed by atoms with E-state index in [1.54, 1.807) is 0 Å². The highest BCUT2D eigenvalue weighted by Crippen LogP contribution is 2.13. The van der Waals surface area contributed by atoms with Gasteiger partial charge in [-0.05, 0) is 64.3 Å². The van der Waals surface area contributed by atoms with Crippen molar-refractivity contribution in [3.8, 4) is 0 Å². The minimum Gasteiger partial charge on any atom is -0.481 e. The molecule has 4 amide bonds. The molecule has 0 aromatic carbocycles. The second-order valence-electron chi connectivity index (χ2n) is 10.6. The number of nitrogens with one attached hydrogen (secondary N) is 4. The number of nitrogens with two attached hydrogens (primary N) is 1. The Bertz CT molecular complexity index is 1090. The molecule has 282 valence electrons. The number of hydrogen-bond acceptors (Lipinski definition) is 9. The van der Waals surface area contributed by atoms with Gasteiger partial charge >= 0.3 is 42.1 Å². The van der Waals surface area contributed by atoms with E-state index in [0.29, 0.717) is 70.9 Å². The van der Waals surface area contributed by atoms with Crippen LogP contribution in [0.3, 0.4) is 0 Å². The van der Waals surface area contributed by atoms with Crippen LogP contribution in [0.4, 0.5) is 18.0 Å². The standard InChI is InChI=1S/C26H45N5O11.C2HF3O2/c27-15-7-5-9-17(23(36)37)29-21(33)12-4-2-1-3-11-20(32)28-16-8-6-10-18(24(38)39)30-26(42)31-19(25(40)41)13-14-22(34)35;3-2(4,5)1(6)7/h17-19H,1-16,27H2,(H,28,32)(H,29,33)(H,34,35)(H,36,37)(H,38,39)(H,40,41)(H2,30,31,42);(H,6,7)/t17-,18-,19-;/m0./s1. The van der Waals surface area contributed by atoms with E-state index in [2.05, 4.69) is 21.3 Å². The van der Waals surface area contributed by atoms with Gasteiger partial charge in [0.2, 0.25) is 11.8 Å². The third kappa shape index (κ3) is 27.0. The van der Waals surface area contributed by atoms with Crippen molar-refractivity contribution >= 4 is 47.7 Å². The maximum absolute atomic E-state index is 12.0. The Morgan fingerprint density at radius 3 is 1.41 bits per heavy atom. The lowest BCUT2D eigenvalue weighted by molar-refractivity contribution is -0.192. The summed E-state index contributed by atoms with van der Waals surface area (Å²) < 4.78 is 31.7. The smallest absolute Gasteiger partial charge is 0.481 e. The maximum Gasteiger partial charge on any atom is 0.490 e. The van der Waals surface area contributed by atoms with E-state index in [1.807, 2.05) is 0 Å². The van der Waals surface area contributed by atoms with Crippen molar-refractivity contribution in [2.45, 2.75) is 114 Å². The van der Waals surface area contributed by atoms with Gasteiger partial charge in [-0.15, -0.1) is 0 Å². The molecule has 21 heteroatoms. The van der Waals surface area contributed by atoms with Crippen LogP contribution in [-0.2, 0) is 33.6 Å². The summed E-state index contributed by atoms with van der Waals surface area (Å²) in [5.41, 5.74) is 5.40. The zero-order valence-corrected chi connectivity index (χ0v) is 26.8. The number of carbonyl (C=O) groups is 8. The van der Waals surface area contributed by atoms with Crippen LogP contribution >= 0.6 is 0 Å². The number of amides is 4. The predicted molar refractivity (Wildman–Crippen MR) is 162 cm³/mol. The summed E-state index contributed by atoms with van der Waals surface area (Å²) >= 11 is 0. The Kier molecular flexibility index (Phi) is 24.9. The van der Waals surface area contributed by atoms with E-state index in [-0.39, 0.29) is 37.5 Å². The lowest BCUT2D eigenvalue weighted by Gasteiger charge is -2.18. The molecular weight excluding hydrogens is 671 g/mol. The quantitative estimate of drug-likeness (QED) is 0.0590. The van der Waals surface area contributed by atoms with Crippen molar-refractivity contribution in [3.63, 3.8) is 0 Å². The molecule has 0 aliphatic carbocycles. The monoisotopic (exact) mass is 717 g/mol. The normalized spacial score (nSPS) is 12.6. The molecule has 0 fully saturated rings. The summed E-state index contributed by atoms with van der Waals surface area (Å²) in [5, 5.41) is 52.9. The summed E-state index contributed by atoms with van der Waals surface area (Å²) in [4.78, 5) is 89.4. The van der Waals surface area contributed by atoms with Gasteiger partial charge < -0.3 is 52.5 Å². The first kappa shape index (κ1) is 46.4. The number of carbonyl (C=O) groups excluding carboxylic acids is 3. The fourth-order valence-electron chi connectivity index (χ4n) is 3.87. The predicted octanol–water partition coefficient (Wildman–Crippen LogP) is 1.02. The van der Waals surface area contributed by atoms with Gasteiger partial charge in [0.15, 0.2) is 0 Å². The molecule has 0 spiro atoms. The van der Waals surface area contributed by atoms with E-state index < -0.39 is 66.6 Å². The molecule has 0 aromatic heterocycles. The summed E-state index contributed by atoms with van der Waals surface area (Å²) in [6, 6.07) is -4.76. The number of unbranched alkanes of at least 4 members (excludes halogenated alkanes) is 5. The average molecular weight is 718 g/mol. The van der Waals surface area contributed by atoms with Crippen molar-refractivity contribution in [3.05, 3.63) is 0 Å². The van der Waals surface area contributed by atoms with Gasteiger partial charge in [0.05, 0.1) is 0 Å². The van der Waals surface area contributed by atoms with Gasteiger partial charge in [0.1, 0.15) is 18.1 Å². The Labute approximate surface area is 279 Å². The van der Waals surface area contributed by atoms with Gasteiger partial charge in [0.25, 0.3) is 0 Å². The molecule has 0 heterocycles. The highest BCUT2D eigenvalue weighted by Gasteiger charge is 2.38. The zero-order chi connectivity index (χ0) is 38.0. The molecule has 49 heavy (non-hydrogen) atoms. The molecule has 11 N–H and O–H groups in total. The molecule has 0 bridgehead atoms. The van der Waals surface area contributed by atoms with E-state index in [4.69, 9.17) is 25.8 Å². The molecule has 0 aliphatic rings. The van der Waals surface area contributed by atoms with Crippen LogP contribution in [0.5, 0.6) is 0 Å². The minimum atomic E-state index is -5.08. The summed E-state index contributed by atoms with van der Waals surface area (Å²) in [7, 11) is 0. The van der Waals surface area contributed by atoms with E-state index in [0.717, 1.165) is 0 Å². The van der Waals surface area contributed by atoms with E-state index in [1.165, 1.54) is 0 Å². The van der Waals surface area contributed by atoms with Gasteiger partial charge in [-0.1, -0.05) is 12.8 Å². The van der Waals surface area contributed by atoms with Crippen LogP contribution in [0.1, 0.15) is 89.9 Å². The fourth-order valence-corrected chi connectivity index (χ4v) is 3.87. The van der Waals surface area contributed by atoms with E-state index in [9.17, 15) is 56.9 Å². The average Bonchev–Trinajstić information content (AvgIpc) is 2.99. The zero-order valence-electron chi connectivity index (χ0n) is 26.8. The van der Waals surface area contributed by atoms with Crippen molar-refractivity contribution in [1.82, 2.24) is 21.3 Å². The van der Waals surface area contributed by atoms with Gasteiger partial charge in [0, 0.05) is 25.8 Å². The molecule has 0 aliphatic heterocycles. The lowest BCUT2D eigenvalue weighted by atomic mass is 10.1. The largest absolute Gasteiger partial charge is 0.490 e. The summed E-state index contributed by atoms with van der Waals surface area (Å²) in [6.07, 6.45) is -0.424. The van der Waals surface area contributed by atoms with Crippen LogP contribution in [0.25, 0.3) is 0 Å². The first-order chi connectivity index (χ1) is 22.8. The maximum atomic E-state index is 12.0. The third-order valence-electron chi connectivity index (χ3n) is 6.48. The summed E-state index contributed by atoms with van der Waals surface area (Å²) in [6.45, 7) is 0.758. The topological polar surface area (TPSA) is 312 Å². The number of rotatable bonds is 25. The van der Waals surface area contributed by atoms with E-state index >= 15 is 0 Å². The van der Waals surface area contributed by atoms with Crippen molar-refractivity contribution in [2.75, 3.05) is 13.1 Å². The third-order valence-corrected chi connectivity index (χ3v) is 6.48. The van der Waals surface area contributed by atoms with Crippen molar-refractivity contribution < 1.29 is 77.1 Å². The second-order valence-corrected chi connectivity index (χ2v) is 10.6. The first-order valence-electron chi connectivity index (χ1n) is 15.3. The molecule has 0 saturated carbocycles. The van der Waals surface area contributed by atoms with Crippen molar-refractivity contribution in [2.24, 2.45) is 5.73 Å². The Morgan fingerprint density at radius 2 is 0.980 bits per heavy atom. The number of urea groups is 1. The number of alkyl halides is 3. The SMILES string of the molecule is NCCCC[C@H](NC(=O)CCCCCCC(=O)NCCCC[C@H](NC(=O)N[C@@H](CCC(=O)O)C(=O)O)C(=O)O)C(=O)O.O=C(O)C(F)(F)F. The Hall–Kier alpha value is -4.69. The number of halogens is 3. The van der Waals surface area contributed by atoms with Gasteiger partial charge in [-0.2, -0.15) is 13.2 Å².